The summed E-state index contributed by atoms with van der Waals surface area (Å²) in [6.45, 7) is 5.69. The van der Waals surface area contributed by atoms with Crippen molar-refractivity contribution in [1.29, 1.82) is 0 Å². The van der Waals surface area contributed by atoms with Crippen molar-refractivity contribution in [3.05, 3.63) is 65.2 Å². The zero-order chi connectivity index (χ0) is 37.0. The van der Waals surface area contributed by atoms with Crippen molar-refractivity contribution >= 4 is 35.8 Å². The number of nitrogens with one attached hydrogen (secondary N) is 2. The number of nitrogens with two attached hydrogens (primary N) is 1. The van der Waals surface area contributed by atoms with Crippen LogP contribution in [0.5, 0.6) is 5.75 Å². The lowest BCUT2D eigenvalue weighted by Gasteiger charge is -2.37. The minimum Gasteiger partial charge on any atom is -0.484 e. The number of carbonyl (C=O) groups is 6. The number of primary amides is 1. The molecule has 4 amide bonds. The summed E-state index contributed by atoms with van der Waals surface area (Å²) in [4.78, 5) is 76.4. The molecule has 1 fully saturated rings. The first kappa shape index (κ1) is 39.3. The number of rotatable bonds is 16. The average molecular weight is 699 g/mol. The highest BCUT2D eigenvalue weighted by Crippen LogP contribution is 2.34. The highest BCUT2D eigenvalue weighted by molar-refractivity contribution is 5.91. The van der Waals surface area contributed by atoms with Crippen LogP contribution < -0.4 is 21.1 Å². The van der Waals surface area contributed by atoms with Gasteiger partial charge in [0, 0.05) is 25.8 Å². The van der Waals surface area contributed by atoms with Crippen LogP contribution in [0.4, 0.5) is 4.79 Å². The Morgan fingerprint density at radius 1 is 0.960 bits per heavy atom. The lowest BCUT2D eigenvalue weighted by Crippen LogP contribution is -2.54. The predicted molar refractivity (Wildman–Crippen MR) is 178 cm³/mol. The second kappa shape index (κ2) is 18.5. The maximum atomic E-state index is 13.6. The lowest BCUT2D eigenvalue weighted by molar-refractivity contribution is -0.188. The zero-order valence-corrected chi connectivity index (χ0v) is 28.6. The third-order valence-electron chi connectivity index (χ3n) is 8.18. The molecule has 5 unspecified atom stereocenters. The number of amides is 4. The van der Waals surface area contributed by atoms with E-state index >= 15 is 0 Å². The van der Waals surface area contributed by atoms with Crippen molar-refractivity contribution in [2.24, 2.45) is 17.6 Å². The fraction of sp³-hybridized carbons (Fsp3) is 0.486. The molecular weight excluding hydrogens is 652 g/mol. The number of benzene rings is 2. The van der Waals surface area contributed by atoms with E-state index < -0.39 is 72.7 Å². The Morgan fingerprint density at radius 2 is 1.64 bits per heavy atom. The second-order valence-electron chi connectivity index (χ2n) is 12.6. The van der Waals surface area contributed by atoms with Crippen LogP contribution >= 0.6 is 0 Å². The van der Waals surface area contributed by atoms with Gasteiger partial charge in [0.1, 0.15) is 24.4 Å². The molecule has 1 saturated heterocycles. The number of hydrogen-bond acceptors (Lipinski definition) is 10. The monoisotopic (exact) mass is 698 g/mol. The number of carbonyl (C=O) groups excluding carboxylic acids is 5. The molecule has 0 radical (unpaired) electrons. The quantitative estimate of drug-likeness (QED) is 0.126. The van der Waals surface area contributed by atoms with Crippen molar-refractivity contribution in [2.45, 2.75) is 77.8 Å². The van der Waals surface area contributed by atoms with E-state index in [-0.39, 0.29) is 38.3 Å². The van der Waals surface area contributed by atoms with Crippen molar-refractivity contribution in [1.82, 2.24) is 15.5 Å². The Bertz CT molecular complexity index is 1510. The number of aliphatic hydroxyl groups excluding tert-OH is 1. The molecule has 50 heavy (non-hydrogen) atoms. The summed E-state index contributed by atoms with van der Waals surface area (Å²) in [6.07, 6.45) is -1.84. The van der Waals surface area contributed by atoms with E-state index in [1.807, 2.05) is 32.9 Å². The van der Waals surface area contributed by atoms with Gasteiger partial charge >= 0.3 is 18.0 Å². The SMILES string of the molecule is Cc1ccccc1OCC(=O)NC(CC(C)C)C(=O)NC(Cc1ccc(C2CC(C(N)=O)CCN2C(=O)O)cc1)C(=O)OC(C)OC(=O)CO. The fourth-order valence-electron chi connectivity index (χ4n) is 5.64. The number of aliphatic hydroxyl groups is 1. The molecule has 2 aromatic carbocycles. The summed E-state index contributed by atoms with van der Waals surface area (Å²) >= 11 is 0. The molecule has 0 saturated carbocycles. The van der Waals surface area contributed by atoms with Gasteiger partial charge < -0.3 is 45.7 Å². The number of nitrogens with zero attached hydrogens (tertiary/aromatic N) is 1. The molecule has 272 valence electrons. The minimum absolute atomic E-state index is 0.0292. The highest BCUT2D eigenvalue weighted by Gasteiger charge is 2.35. The molecule has 0 bridgehead atoms. The smallest absolute Gasteiger partial charge is 0.407 e. The van der Waals surface area contributed by atoms with Crippen molar-refractivity contribution in [3.8, 4) is 5.75 Å². The van der Waals surface area contributed by atoms with Crippen molar-refractivity contribution in [3.63, 3.8) is 0 Å². The third-order valence-corrected chi connectivity index (χ3v) is 8.18. The maximum absolute atomic E-state index is 13.6. The molecule has 3 rings (SSSR count). The Balaban J connectivity index is 1.80. The highest BCUT2D eigenvalue weighted by atomic mass is 16.7. The summed E-state index contributed by atoms with van der Waals surface area (Å²) in [6, 6.07) is 10.8. The average Bonchev–Trinajstić information content (AvgIpc) is 3.06. The molecule has 6 N–H and O–H groups in total. The van der Waals surface area contributed by atoms with E-state index in [9.17, 15) is 33.9 Å². The van der Waals surface area contributed by atoms with Crippen LogP contribution in [0.2, 0.25) is 0 Å². The molecule has 5 atom stereocenters. The number of aryl methyl sites for hydroxylation is 1. The molecule has 0 spiro atoms. The van der Waals surface area contributed by atoms with Gasteiger partial charge in [-0.1, -0.05) is 56.3 Å². The van der Waals surface area contributed by atoms with Gasteiger partial charge in [-0.3, -0.25) is 14.4 Å². The van der Waals surface area contributed by atoms with Crippen LogP contribution in [0.25, 0.3) is 0 Å². The van der Waals surface area contributed by atoms with Crippen LogP contribution in [0.3, 0.4) is 0 Å². The van der Waals surface area contributed by atoms with E-state index in [1.165, 1.54) is 11.8 Å². The molecule has 15 nitrogen and oxygen atoms in total. The molecule has 15 heteroatoms. The number of hydrogen-bond donors (Lipinski definition) is 5. The first-order chi connectivity index (χ1) is 23.7. The fourth-order valence-corrected chi connectivity index (χ4v) is 5.64. The molecule has 0 aliphatic carbocycles. The Labute approximate surface area is 290 Å². The number of piperidine rings is 1. The van der Waals surface area contributed by atoms with Gasteiger partial charge in [0.25, 0.3) is 5.91 Å². The van der Waals surface area contributed by atoms with Crippen molar-refractivity contribution < 1.29 is 53.2 Å². The summed E-state index contributed by atoms with van der Waals surface area (Å²) in [7, 11) is 0. The third kappa shape index (κ3) is 11.8. The van der Waals surface area contributed by atoms with Crippen LogP contribution in [0.15, 0.2) is 48.5 Å². The van der Waals surface area contributed by atoms with Gasteiger partial charge in [0.2, 0.25) is 18.1 Å². The van der Waals surface area contributed by atoms with Crippen LogP contribution in [0, 0.1) is 18.8 Å². The number of ether oxygens (including phenoxy) is 3. The summed E-state index contributed by atoms with van der Waals surface area (Å²) in [5, 5.41) is 24.1. The Morgan fingerprint density at radius 3 is 2.24 bits per heavy atom. The van der Waals surface area contributed by atoms with E-state index in [0.29, 0.717) is 23.3 Å². The molecule has 1 aliphatic heterocycles. The maximum Gasteiger partial charge on any atom is 0.407 e. The number of esters is 2. The van der Waals surface area contributed by atoms with Crippen LogP contribution in [-0.2, 0) is 39.9 Å². The minimum atomic E-state index is -1.39. The number of carboxylic acid groups (broad SMARTS) is 1. The van der Waals surface area contributed by atoms with E-state index in [4.69, 9.17) is 25.1 Å². The Kier molecular flexibility index (Phi) is 14.6. The normalized spacial score (nSPS) is 17.5. The summed E-state index contributed by atoms with van der Waals surface area (Å²) in [5.41, 5.74) is 7.51. The number of para-hydroxylation sites is 1. The van der Waals surface area contributed by atoms with Crippen LogP contribution in [0.1, 0.15) is 62.8 Å². The van der Waals surface area contributed by atoms with Crippen molar-refractivity contribution in [2.75, 3.05) is 19.8 Å². The van der Waals surface area contributed by atoms with E-state index in [1.54, 1.807) is 36.4 Å². The predicted octanol–water partition coefficient (Wildman–Crippen LogP) is 1.97. The van der Waals surface area contributed by atoms with Gasteiger partial charge in [-0.05, 0) is 54.9 Å². The molecule has 2 aromatic rings. The van der Waals surface area contributed by atoms with Gasteiger partial charge in [0.15, 0.2) is 6.61 Å². The number of likely N-dealkylation sites (tertiary alicyclic amines) is 1. The lowest BCUT2D eigenvalue weighted by atomic mass is 9.86. The summed E-state index contributed by atoms with van der Waals surface area (Å²) < 4.78 is 15.7. The van der Waals surface area contributed by atoms with Gasteiger partial charge in [0.05, 0.1) is 6.04 Å². The molecular formula is C35H46N4O11. The van der Waals surface area contributed by atoms with Gasteiger partial charge in [-0.25, -0.2) is 14.4 Å². The van der Waals surface area contributed by atoms with Gasteiger partial charge in [-0.2, -0.15) is 0 Å². The molecule has 1 heterocycles. The Hall–Kier alpha value is -5.18. The first-order valence-electron chi connectivity index (χ1n) is 16.3. The van der Waals surface area contributed by atoms with Crippen LogP contribution in [-0.4, -0.2) is 89.0 Å². The zero-order valence-electron chi connectivity index (χ0n) is 28.6. The van der Waals surface area contributed by atoms with E-state index in [0.717, 1.165) is 5.56 Å². The first-order valence-corrected chi connectivity index (χ1v) is 16.3. The van der Waals surface area contributed by atoms with E-state index in [2.05, 4.69) is 10.6 Å². The molecule has 1 aliphatic rings. The largest absolute Gasteiger partial charge is 0.484 e. The standard InChI is InChI=1S/C35H46N4O11/c1-20(2)15-26(37-30(41)19-48-29-8-6-5-7-21(29)3)33(44)38-27(34(45)50-22(4)49-31(42)18-40)16-23-9-11-24(12-10-23)28-17-25(32(36)43)13-14-39(28)35(46)47/h5-12,20,22,25-28,40H,13-19H2,1-4H3,(H2,36,43)(H,37,41)(H,38,44)(H,46,47). The molecule has 0 aromatic heterocycles. The summed E-state index contributed by atoms with van der Waals surface area (Å²) in [5.74, 6) is -3.69. The second-order valence-corrected chi connectivity index (χ2v) is 12.6. The van der Waals surface area contributed by atoms with Gasteiger partial charge in [-0.15, -0.1) is 0 Å². The topological polar surface area (TPSA) is 224 Å².